The first-order chi connectivity index (χ1) is 7.70. The van der Waals surface area contributed by atoms with Crippen molar-refractivity contribution in [2.24, 2.45) is 0 Å². The smallest absolute Gasteiger partial charge is 0.0339 e. The van der Waals surface area contributed by atoms with Gasteiger partial charge in [0.2, 0.25) is 0 Å². The summed E-state index contributed by atoms with van der Waals surface area (Å²) in [6.07, 6.45) is 3.48. The fourth-order valence-electron chi connectivity index (χ4n) is 1.37. The third-order valence-electron chi connectivity index (χ3n) is 2.78. The van der Waals surface area contributed by atoms with Crippen LogP contribution in [-0.2, 0) is 0 Å². The van der Waals surface area contributed by atoms with Crippen LogP contribution in [0, 0.1) is 0 Å². The molecular formula is C13H29N3. The van der Waals surface area contributed by atoms with Crippen molar-refractivity contribution < 1.29 is 0 Å². The molecule has 0 amide bonds. The molecule has 96 valence electrons. The lowest BCUT2D eigenvalue weighted by atomic mass is 10.1. The summed E-state index contributed by atoms with van der Waals surface area (Å²) < 4.78 is 0. The summed E-state index contributed by atoms with van der Waals surface area (Å²) in [5.41, 5.74) is 1.53. The van der Waals surface area contributed by atoms with Crippen LogP contribution in [0.25, 0.3) is 0 Å². The van der Waals surface area contributed by atoms with E-state index in [0.29, 0.717) is 0 Å². The number of hydrogen-bond donors (Lipinski definition) is 2. The third-order valence-corrected chi connectivity index (χ3v) is 2.78. The van der Waals surface area contributed by atoms with Crippen molar-refractivity contribution in [2.45, 2.75) is 33.2 Å². The van der Waals surface area contributed by atoms with Gasteiger partial charge in [0.25, 0.3) is 0 Å². The number of hydrogen-bond acceptors (Lipinski definition) is 3. The van der Waals surface area contributed by atoms with Crippen molar-refractivity contribution in [2.75, 3.05) is 40.3 Å². The highest BCUT2D eigenvalue weighted by molar-refractivity contribution is 5.02. The first kappa shape index (κ1) is 15.6. The Balaban J connectivity index is 0.000000244. The second kappa shape index (κ2) is 9.82. The molecule has 0 bridgehead atoms. The topological polar surface area (TPSA) is 27.3 Å². The van der Waals surface area contributed by atoms with Crippen molar-refractivity contribution in [3.63, 3.8) is 0 Å². The molecule has 0 atom stereocenters. The summed E-state index contributed by atoms with van der Waals surface area (Å²) in [6.45, 7) is 10.8. The van der Waals surface area contributed by atoms with E-state index in [-0.39, 0.29) is 0 Å². The van der Waals surface area contributed by atoms with E-state index in [1.54, 1.807) is 0 Å². The molecule has 0 radical (unpaired) electrons. The Morgan fingerprint density at radius 1 is 1.19 bits per heavy atom. The molecule has 3 heteroatoms. The summed E-state index contributed by atoms with van der Waals surface area (Å²) in [5, 5.41) is 6.44. The van der Waals surface area contributed by atoms with Gasteiger partial charge in [-0.05, 0) is 34.0 Å². The molecule has 1 saturated heterocycles. The molecule has 2 aliphatic heterocycles. The first-order valence-electron chi connectivity index (χ1n) is 6.43. The summed E-state index contributed by atoms with van der Waals surface area (Å²) in [4.78, 5) is 2.25. The second-order valence-electron chi connectivity index (χ2n) is 4.28. The van der Waals surface area contributed by atoms with Crippen LogP contribution >= 0.6 is 0 Å². The molecule has 0 saturated carbocycles. The predicted molar refractivity (Wildman–Crippen MR) is 72.9 cm³/mol. The molecule has 0 unspecified atom stereocenters. The summed E-state index contributed by atoms with van der Waals surface area (Å²) >= 11 is 0. The second-order valence-corrected chi connectivity index (χ2v) is 4.28. The molecule has 2 rings (SSSR count). The predicted octanol–water partition coefficient (Wildman–Crippen LogP) is 1.47. The van der Waals surface area contributed by atoms with Crippen LogP contribution in [0.15, 0.2) is 11.6 Å². The summed E-state index contributed by atoms with van der Waals surface area (Å²) in [6, 6.07) is 0.806. The van der Waals surface area contributed by atoms with E-state index in [1.165, 1.54) is 31.6 Å². The van der Waals surface area contributed by atoms with Crippen molar-refractivity contribution in [3.8, 4) is 0 Å². The van der Waals surface area contributed by atoms with Crippen molar-refractivity contribution in [1.82, 2.24) is 15.5 Å². The highest BCUT2D eigenvalue weighted by Gasteiger charge is 2.17. The van der Waals surface area contributed by atoms with Gasteiger partial charge in [0.05, 0.1) is 0 Å². The third kappa shape index (κ3) is 6.99. The largest absolute Gasteiger partial charge is 0.314 e. The Morgan fingerprint density at radius 3 is 1.94 bits per heavy atom. The lowest BCUT2D eigenvalue weighted by Gasteiger charge is -2.32. The monoisotopic (exact) mass is 227 g/mol. The molecule has 2 aliphatic rings. The van der Waals surface area contributed by atoms with Gasteiger partial charge in [0.15, 0.2) is 0 Å². The Hall–Kier alpha value is -0.380. The molecule has 2 N–H and O–H groups in total. The quantitative estimate of drug-likeness (QED) is 0.664. The van der Waals surface area contributed by atoms with Gasteiger partial charge < -0.3 is 15.5 Å². The maximum absolute atomic E-state index is 3.24. The normalized spacial score (nSPS) is 19.8. The lowest BCUT2D eigenvalue weighted by Crippen LogP contribution is -2.54. The van der Waals surface area contributed by atoms with Gasteiger partial charge >= 0.3 is 0 Å². The van der Waals surface area contributed by atoms with Gasteiger partial charge in [0, 0.05) is 25.7 Å². The maximum Gasteiger partial charge on any atom is 0.0339 e. The minimum absolute atomic E-state index is 0.806. The molecule has 16 heavy (non-hydrogen) atoms. The molecule has 3 nitrogen and oxygen atoms in total. The molecule has 1 fully saturated rings. The SMILES string of the molecule is CC.CC1=CCNCC1.CN(C)C1CNC1. The molecule has 0 aromatic carbocycles. The maximum atomic E-state index is 3.24. The molecular weight excluding hydrogens is 198 g/mol. The van der Waals surface area contributed by atoms with Crippen LogP contribution in [-0.4, -0.2) is 51.2 Å². The van der Waals surface area contributed by atoms with Crippen molar-refractivity contribution >= 4 is 0 Å². The van der Waals surface area contributed by atoms with Crippen LogP contribution in [0.4, 0.5) is 0 Å². The van der Waals surface area contributed by atoms with Crippen LogP contribution in [0.3, 0.4) is 0 Å². The zero-order valence-corrected chi connectivity index (χ0v) is 11.6. The standard InChI is InChI=1S/C6H11N.C5H12N2.C2H6/c1-6-2-4-7-5-3-6;1-7(2)5-3-6-4-5;1-2/h2,7H,3-5H2,1H3;5-6H,3-4H2,1-2H3;1-2H3. The molecule has 0 aliphatic carbocycles. The number of nitrogens with one attached hydrogen (secondary N) is 2. The van der Waals surface area contributed by atoms with Crippen LogP contribution in [0.1, 0.15) is 27.2 Å². The fraction of sp³-hybridized carbons (Fsp3) is 0.846. The van der Waals surface area contributed by atoms with E-state index in [2.05, 4.69) is 42.6 Å². The fourth-order valence-corrected chi connectivity index (χ4v) is 1.37. The van der Waals surface area contributed by atoms with Crippen LogP contribution in [0.2, 0.25) is 0 Å². The highest BCUT2D eigenvalue weighted by Crippen LogP contribution is 1.99. The van der Waals surface area contributed by atoms with Crippen LogP contribution in [0.5, 0.6) is 0 Å². The average molecular weight is 227 g/mol. The number of likely N-dealkylation sites (N-methyl/N-ethyl adjacent to an activating group) is 1. The van der Waals surface area contributed by atoms with Gasteiger partial charge in [-0.25, -0.2) is 0 Å². The zero-order chi connectivity index (χ0) is 12.4. The van der Waals surface area contributed by atoms with Gasteiger partial charge in [-0.1, -0.05) is 25.5 Å². The number of rotatable bonds is 1. The Kier molecular flexibility index (Phi) is 9.59. The Labute approximate surface area is 101 Å². The minimum Gasteiger partial charge on any atom is -0.314 e. The lowest BCUT2D eigenvalue weighted by molar-refractivity contribution is 0.216. The van der Waals surface area contributed by atoms with Gasteiger partial charge in [-0.2, -0.15) is 0 Å². The van der Waals surface area contributed by atoms with E-state index < -0.39 is 0 Å². The van der Waals surface area contributed by atoms with E-state index >= 15 is 0 Å². The molecule has 0 spiro atoms. The average Bonchev–Trinajstić information content (AvgIpc) is 2.19. The first-order valence-corrected chi connectivity index (χ1v) is 6.43. The molecule has 0 aromatic rings. The van der Waals surface area contributed by atoms with Crippen molar-refractivity contribution in [1.29, 1.82) is 0 Å². The summed E-state index contributed by atoms with van der Waals surface area (Å²) in [7, 11) is 4.23. The van der Waals surface area contributed by atoms with Gasteiger partial charge in [-0.3, -0.25) is 0 Å². The van der Waals surface area contributed by atoms with E-state index in [0.717, 1.165) is 12.6 Å². The summed E-state index contributed by atoms with van der Waals surface area (Å²) in [5.74, 6) is 0. The van der Waals surface area contributed by atoms with Gasteiger partial charge in [-0.15, -0.1) is 0 Å². The molecule has 2 heterocycles. The Bertz CT molecular complexity index is 184. The zero-order valence-electron chi connectivity index (χ0n) is 11.6. The van der Waals surface area contributed by atoms with Crippen LogP contribution < -0.4 is 10.6 Å². The van der Waals surface area contributed by atoms with E-state index in [4.69, 9.17) is 0 Å². The van der Waals surface area contributed by atoms with E-state index in [1.807, 2.05) is 13.8 Å². The van der Waals surface area contributed by atoms with Crippen molar-refractivity contribution in [3.05, 3.63) is 11.6 Å². The highest BCUT2D eigenvalue weighted by atomic mass is 15.2. The molecule has 0 aromatic heterocycles. The Morgan fingerprint density at radius 2 is 1.81 bits per heavy atom. The van der Waals surface area contributed by atoms with E-state index in [9.17, 15) is 0 Å². The van der Waals surface area contributed by atoms with Gasteiger partial charge in [0.1, 0.15) is 0 Å². The minimum atomic E-state index is 0.806. The number of nitrogens with zero attached hydrogens (tertiary/aromatic N) is 1.